The van der Waals surface area contributed by atoms with E-state index in [2.05, 4.69) is 5.32 Å². The molecule has 5 fully saturated rings. The van der Waals surface area contributed by atoms with Crippen molar-refractivity contribution in [3.05, 3.63) is 0 Å². The van der Waals surface area contributed by atoms with E-state index in [0.717, 1.165) is 29.1 Å². The minimum absolute atomic E-state index is 0.740. The third kappa shape index (κ3) is 2.60. The van der Waals surface area contributed by atoms with Crippen LogP contribution in [0.5, 0.6) is 0 Å². The van der Waals surface area contributed by atoms with Crippen molar-refractivity contribution in [3.63, 3.8) is 0 Å². The number of nitrogens with one attached hydrogen (secondary N) is 1. The van der Waals surface area contributed by atoms with Gasteiger partial charge >= 0.3 is 0 Å². The van der Waals surface area contributed by atoms with Gasteiger partial charge in [0.2, 0.25) is 0 Å². The van der Waals surface area contributed by atoms with Gasteiger partial charge in [-0.15, -0.1) is 0 Å². The number of hydrogen-bond donors (Lipinski definition) is 1. The van der Waals surface area contributed by atoms with E-state index in [-0.39, 0.29) is 0 Å². The van der Waals surface area contributed by atoms with Crippen molar-refractivity contribution in [1.82, 2.24) is 5.32 Å². The van der Waals surface area contributed by atoms with Crippen molar-refractivity contribution < 1.29 is 0 Å². The summed E-state index contributed by atoms with van der Waals surface area (Å²) in [6.07, 6.45) is 16.9. The molecule has 0 amide bonds. The summed E-state index contributed by atoms with van der Waals surface area (Å²) in [5, 5.41) is 3.91. The predicted octanol–water partition coefficient (Wildman–Crippen LogP) is 4.37. The molecular weight excluding hydrogens is 230 g/mol. The van der Waals surface area contributed by atoms with Crippen LogP contribution in [0, 0.1) is 29.1 Å². The smallest absolute Gasteiger partial charge is 0.000823 e. The van der Waals surface area contributed by atoms with Crippen LogP contribution in [0.25, 0.3) is 0 Å². The first-order chi connectivity index (χ1) is 9.31. The van der Waals surface area contributed by atoms with Crippen molar-refractivity contribution in [2.24, 2.45) is 29.1 Å². The fourth-order valence-corrected chi connectivity index (χ4v) is 6.44. The lowest BCUT2D eigenvalue weighted by Gasteiger charge is -2.57. The van der Waals surface area contributed by atoms with Crippen molar-refractivity contribution in [3.8, 4) is 0 Å². The Morgan fingerprint density at radius 2 is 1.37 bits per heavy atom. The average molecular weight is 261 g/mol. The molecule has 5 aliphatic rings. The molecule has 5 rings (SSSR count). The largest absolute Gasteiger partial charge is 0.316 e. The molecule has 0 aromatic heterocycles. The monoisotopic (exact) mass is 261 g/mol. The lowest BCUT2D eigenvalue weighted by molar-refractivity contribution is -0.0516. The Bertz CT molecular complexity index is 280. The van der Waals surface area contributed by atoms with Gasteiger partial charge in [-0.1, -0.05) is 19.3 Å². The highest BCUT2D eigenvalue weighted by Crippen LogP contribution is 2.59. The van der Waals surface area contributed by atoms with Crippen LogP contribution in [0.1, 0.15) is 70.6 Å². The van der Waals surface area contributed by atoms with Crippen LogP contribution in [0.4, 0.5) is 0 Å². The zero-order valence-electron chi connectivity index (χ0n) is 12.5. The summed E-state index contributed by atoms with van der Waals surface area (Å²) in [5.74, 6) is 4.34. The summed E-state index contributed by atoms with van der Waals surface area (Å²) in [5.41, 5.74) is 0.740. The molecule has 0 spiro atoms. The molecule has 19 heavy (non-hydrogen) atoms. The zero-order valence-corrected chi connectivity index (χ0v) is 12.5. The third-order valence-electron chi connectivity index (χ3n) is 6.82. The fourth-order valence-electron chi connectivity index (χ4n) is 6.44. The second-order valence-electron chi connectivity index (χ2n) is 8.55. The number of rotatable bonds is 4. The van der Waals surface area contributed by atoms with Crippen LogP contribution >= 0.6 is 0 Å². The first-order valence-corrected chi connectivity index (χ1v) is 9.02. The summed E-state index contributed by atoms with van der Waals surface area (Å²) >= 11 is 0. The van der Waals surface area contributed by atoms with Gasteiger partial charge in [0, 0.05) is 6.54 Å². The van der Waals surface area contributed by atoms with Gasteiger partial charge in [0.05, 0.1) is 0 Å². The summed E-state index contributed by atoms with van der Waals surface area (Å²) in [6, 6.07) is 0. The second-order valence-corrected chi connectivity index (χ2v) is 8.55. The second kappa shape index (κ2) is 5.06. The zero-order chi connectivity index (χ0) is 12.7. The normalized spacial score (nSPS) is 45.8. The minimum Gasteiger partial charge on any atom is -0.316 e. The summed E-state index contributed by atoms with van der Waals surface area (Å²) in [6.45, 7) is 2.68. The molecule has 1 heteroatoms. The van der Waals surface area contributed by atoms with E-state index in [9.17, 15) is 0 Å². The van der Waals surface area contributed by atoms with E-state index < -0.39 is 0 Å². The quantitative estimate of drug-likeness (QED) is 0.792. The van der Waals surface area contributed by atoms with Crippen LogP contribution < -0.4 is 5.32 Å². The lowest BCUT2D eigenvalue weighted by atomic mass is 9.49. The third-order valence-corrected chi connectivity index (χ3v) is 6.82. The van der Waals surface area contributed by atoms with E-state index in [0.29, 0.717) is 0 Å². The maximum atomic E-state index is 3.91. The maximum absolute atomic E-state index is 3.91. The van der Waals surface area contributed by atoms with Crippen LogP contribution in [0.2, 0.25) is 0 Å². The van der Waals surface area contributed by atoms with Crippen LogP contribution in [-0.4, -0.2) is 13.1 Å². The van der Waals surface area contributed by atoms with E-state index in [1.165, 1.54) is 45.2 Å². The molecule has 0 saturated heterocycles. The Morgan fingerprint density at radius 3 is 1.95 bits per heavy atom. The molecule has 5 saturated carbocycles. The Labute approximate surface area is 118 Å². The molecular formula is C18H31N. The van der Waals surface area contributed by atoms with Gasteiger partial charge < -0.3 is 5.32 Å². The molecule has 108 valence electrons. The molecule has 1 N–H and O–H groups in total. The van der Waals surface area contributed by atoms with Gasteiger partial charge in [0.25, 0.3) is 0 Å². The SMILES string of the molecule is C1CCC(CNCC23CC4CC(CC(C4)C2)C3)CC1. The van der Waals surface area contributed by atoms with Crippen LogP contribution in [0.3, 0.4) is 0 Å². The maximum Gasteiger partial charge on any atom is 0.000823 e. The molecule has 0 radical (unpaired) electrons. The fraction of sp³-hybridized carbons (Fsp3) is 1.00. The summed E-state index contributed by atoms with van der Waals surface area (Å²) in [7, 11) is 0. The number of hydrogen-bond acceptors (Lipinski definition) is 1. The summed E-state index contributed by atoms with van der Waals surface area (Å²) in [4.78, 5) is 0. The van der Waals surface area contributed by atoms with E-state index in [1.807, 2.05) is 0 Å². The van der Waals surface area contributed by atoms with Crippen molar-refractivity contribution in [2.75, 3.05) is 13.1 Å². The predicted molar refractivity (Wildman–Crippen MR) is 80.0 cm³/mol. The molecule has 0 heterocycles. The highest BCUT2D eigenvalue weighted by atomic mass is 14.9. The first kappa shape index (κ1) is 12.7. The standard InChI is InChI=1S/C18H31N/c1-2-4-14(5-3-1)12-19-13-18-9-15-6-16(10-18)8-17(7-15)11-18/h14-17,19H,1-13H2. The van der Waals surface area contributed by atoms with Crippen molar-refractivity contribution >= 4 is 0 Å². The Hall–Kier alpha value is -0.0400. The molecule has 4 bridgehead atoms. The average Bonchev–Trinajstić information content (AvgIpc) is 2.38. The molecule has 0 atom stereocenters. The van der Waals surface area contributed by atoms with Gasteiger partial charge in [0.1, 0.15) is 0 Å². The molecule has 1 nitrogen and oxygen atoms in total. The van der Waals surface area contributed by atoms with Gasteiger partial charge in [-0.05, 0) is 87.0 Å². The van der Waals surface area contributed by atoms with Gasteiger partial charge in [0.15, 0.2) is 0 Å². The van der Waals surface area contributed by atoms with E-state index >= 15 is 0 Å². The van der Waals surface area contributed by atoms with Crippen LogP contribution in [0.15, 0.2) is 0 Å². The Balaban J connectivity index is 1.30. The Kier molecular flexibility index (Phi) is 3.38. The van der Waals surface area contributed by atoms with Crippen molar-refractivity contribution in [2.45, 2.75) is 70.6 Å². The van der Waals surface area contributed by atoms with Crippen molar-refractivity contribution in [1.29, 1.82) is 0 Å². The minimum atomic E-state index is 0.740. The van der Waals surface area contributed by atoms with E-state index in [4.69, 9.17) is 0 Å². The topological polar surface area (TPSA) is 12.0 Å². The van der Waals surface area contributed by atoms with Gasteiger partial charge in [-0.3, -0.25) is 0 Å². The van der Waals surface area contributed by atoms with E-state index in [1.54, 1.807) is 38.5 Å². The molecule has 0 aliphatic heterocycles. The summed E-state index contributed by atoms with van der Waals surface area (Å²) < 4.78 is 0. The van der Waals surface area contributed by atoms with Gasteiger partial charge in [-0.2, -0.15) is 0 Å². The Morgan fingerprint density at radius 1 is 0.789 bits per heavy atom. The molecule has 0 unspecified atom stereocenters. The molecule has 0 aromatic rings. The lowest BCUT2D eigenvalue weighted by Crippen LogP contribution is -2.50. The molecule has 5 aliphatic carbocycles. The highest BCUT2D eigenvalue weighted by molar-refractivity contribution is 5.02. The highest BCUT2D eigenvalue weighted by Gasteiger charge is 2.50. The molecule has 0 aromatic carbocycles. The van der Waals surface area contributed by atoms with Gasteiger partial charge in [-0.25, -0.2) is 0 Å². The van der Waals surface area contributed by atoms with Crippen LogP contribution in [-0.2, 0) is 0 Å². The first-order valence-electron chi connectivity index (χ1n) is 9.02.